The number of carbonyl (C=O) groups excluding carboxylic acids is 1. The molecular formula is C34H44ClN3O3. The van der Waals surface area contributed by atoms with Crippen molar-refractivity contribution in [3.8, 4) is 5.75 Å². The van der Waals surface area contributed by atoms with E-state index in [2.05, 4.69) is 15.1 Å². The van der Waals surface area contributed by atoms with Gasteiger partial charge in [-0.3, -0.25) is 9.69 Å². The monoisotopic (exact) mass is 577 g/mol. The van der Waals surface area contributed by atoms with Gasteiger partial charge in [0.25, 0.3) is 0 Å². The molecule has 1 aliphatic rings. The van der Waals surface area contributed by atoms with Gasteiger partial charge in [0.05, 0.1) is 13.2 Å². The van der Waals surface area contributed by atoms with Gasteiger partial charge in [0.15, 0.2) is 0 Å². The summed E-state index contributed by atoms with van der Waals surface area (Å²) in [5.74, 6) is 0.928. The highest BCUT2D eigenvalue weighted by molar-refractivity contribution is 6.30. The fourth-order valence-corrected chi connectivity index (χ4v) is 5.49. The minimum absolute atomic E-state index is 0.118. The SMILES string of the molecule is CC(C)NC(=O)CN1CCN(CCCCCOc2ccc(C(O)(Cc3ccccc3)c3ccc(Cl)cc3)cc2)CC1. The third-order valence-electron chi connectivity index (χ3n) is 7.63. The van der Waals surface area contributed by atoms with Gasteiger partial charge in [-0.1, -0.05) is 66.2 Å². The molecule has 1 aliphatic heterocycles. The molecule has 6 nitrogen and oxygen atoms in total. The maximum absolute atomic E-state index is 12.0. The number of piperazine rings is 1. The first-order valence-corrected chi connectivity index (χ1v) is 15.2. The van der Waals surface area contributed by atoms with Gasteiger partial charge >= 0.3 is 0 Å². The molecule has 1 heterocycles. The first kappa shape index (κ1) is 31.0. The Bertz CT molecular complexity index is 1200. The van der Waals surface area contributed by atoms with E-state index in [1.807, 2.05) is 92.7 Å². The van der Waals surface area contributed by atoms with E-state index in [4.69, 9.17) is 16.3 Å². The summed E-state index contributed by atoms with van der Waals surface area (Å²) in [5, 5.41) is 15.6. The molecule has 7 heteroatoms. The molecule has 1 fully saturated rings. The molecule has 3 aromatic rings. The maximum Gasteiger partial charge on any atom is 0.234 e. The molecule has 0 aromatic heterocycles. The molecule has 0 radical (unpaired) electrons. The van der Waals surface area contributed by atoms with Crippen molar-refractivity contribution in [2.45, 2.75) is 51.2 Å². The normalized spacial score (nSPS) is 15.9. The van der Waals surface area contributed by atoms with Crippen molar-refractivity contribution in [3.63, 3.8) is 0 Å². The highest BCUT2D eigenvalue weighted by atomic mass is 35.5. The number of nitrogens with one attached hydrogen (secondary N) is 1. The molecule has 0 spiro atoms. The van der Waals surface area contributed by atoms with Gasteiger partial charge in [0.1, 0.15) is 11.4 Å². The van der Waals surface area contributed by atoms with Crippen LogP contribution in [0.2, 0.25) is 5.02 Å². The molecule has 220 valence electrons. The van der Waals surface area contributed by atoms with Crippen LogP contribution in [0.5, 0.6) is 5.75 Å². The molecule has 1 unspecified atom stereocenters. The van der Waals surface area contributed by atoms with Crippen molar-refractivity contribution < 1.29 is 14.6 Å². The fraction of sp³-hybridized carbons (Fsp3) is 0.441. The molecule has 1 amide bonds. The molecule has 1 saturated heterocycles. The van der Waals surface area contributed by atoms with E-state index in [-0.39, 0.29) is 11.9 Å². The minimum atomic E-state index is -1.18. The number of nitrogens with zero attached hydrogens (tertiary/aromatic N) is 2. The second-order valence-corrected chi connectivity index (χ2v) is 11.7. The zero-order chi connectivity index (χ0) is 29.1. The van der Waals surface area contributed by atoms with E-state index >= 15 is 0 Å². The van der Waals surface area contributed by atoms with Crippen LogP contribution in [-0.2, 0) is 16.8 Å². The number of amides is 1. The van der Waals surface area contributed by atoms with Crippen LogP contribution in [0, 0.1) is 0 Å². The number of unbranched alkanes of at least 4 members (excludes halogenated alkanes) is 2. The van der Waals surface area contributed by atoms with Crippen LogP contribution in [0.1, 0.15) is 49.8 Å². The van der Waals surface area contributed by atoms with E-state index < -0.39 is 5.60 Å². The lowest BCUT2D eigenvalue weighted by Crippen LogP contribution is -2.50. The van der Waals surface area contributed by atoms with Gasteiger partial charge in [-0.15, -0.1) is 0 Å². The van der Waals surface area contributed by atoms with E-state index in [0.29, 0.717) is 24.6 Å². The molecular weight excluding hydrogens is 534 g/mol. The Morgan fingerprint density at radius 1 is 0.878 bits per heavy atom. The van der Waals surface area contributed by atoms with Gasteiger partial charge in [0.2, 0.25) is 5.91 Å². The predicted molar refractivity (Wildman–Crippen MR) is 167 cm³/mol. The highest BCUT2D eigenvalue weighted by Crippen LogP contribution is 2.35. The Labute approximate surface area is 250 Å². The smallest absolute Gasteiger partial charge is 0.234 e. The first-order valence-electron chi connectivity index (χ1n) is 14.8. The van der Waals surface area contributed by atoms with Crippen molar-refractivity contribution in [1.29, 1.82) is 0 Å². The predicted octanol–water partition coefficient (Wildman–Crippen LogP) is 5.51. The van der Waals surface area contributed by atoms with Crippen LogP contribution in [0.4, 0.5) is 0 Å². The largest absolute Gasteiger partial charge is 0.494 e. The van der Waals surface area contributed by atoms with Crippen molar-refractivity contribution in [2.24, 2.45) is 0 Å². The first-order chi connectivity index (χ1) is 19.8. The average molecular weight is 578 g/mol. The fourth-order valence-electron chi connectivity index (χ4n) is 5.36. The number of ether oxygens (including phenoxy) is 1. The van der Waals surface area contributed by atoms with Gasteiger partial charge in [-0.25, -0.2) is 0 Å². The summed E-state index contributed by atoms with van der Waals surface area (Å²) in [6.45, 7) is 10.2. The topological polar surface area (TPSA) is 65.0 Å². The van der Waals surface area contributed by atoms with E-state index in [9.17, 15) is 9.90 Å². The number of hydrogen-bond donors (Lipinski definition) is 2. The zero-order valence-electron chi connectivity index (χ0n) is 24.4. The third-order valence-corrected chi connectivity index (χ3v) is 7.88. The van der Waals surface area contributed by atoms with E-state index in [1.54, 1.807) is 0 Å². The van der Waals surface area contributed by atoms with Gasteiger partial charge in [-0.2, -0.15) is 0 Å². The second-order valence-electron chi connectivity index (χ2n) is 11.3. The summed E-state index contributed by atoms with van der Waals surface area (Å²) in [5.41, 5.74) is 1.49. The lowest BCUT2D eigenvalue weighted by Gasteiger charge is -2.34. The number of aliphatic hydroxyl groups is 1. The van der Waals surface area contributed by atoms with Crippen LogP contribution < -0.4 is 10.1 Å². The lowest BCUT2D eigenvalue weighted by atomic mass is 9.81. The number of halogens is 1. The van der Waals surface area contributed by atoms with Gasteiger partial charge < -0.3 is 20.1 Å². The maximum atomic E-state index is 12.0. The molecule has 3 aromatic carbocycles. The summed E-state index contributed by atoms with van der Waals surface area (Å²) in [4.78, 5) is 16.7. The summed E-state index contributed by atoms with van der Waals surface area (Å²) in [6.07, 6.45) is 3.71. The molecule has 0 bridgehead atoms. The van der Waals surface area contributed by atoms with Gasteiger partial charge in [0, 0.05) is 43.7 Å². The van der Waals surface area contributed by atoms with Gasteiger partial charge in [-0.05, 0) is 80.6 Å². The summed E-state index contributed by atoms with van der Waals surface area (Å²) in [6, 6.07) is 25.5. The molecule has 4 rings (SSSR count). The Morgan fingerprint density at radius 2 is 1.49 bits per heavy atom. The number of benzene rings is 3. The molecule has 0 aliphatic carbocycles. The Balaban J connectivity index is 1.20. The van der Waals surface area contributed by atoms with Crippen molar-refractivity contribution in [2.75, 3.05) is 45.9 Å². The summed E-state index contributed by atoms with van der Waals surface area (Å²) in [7, 11) is 0. The molecule has 2 N–H and O–H groups in total. The number of carbonyl (C=O) groups is 1. The van der Waals surface area contributed by atoms with Crippen LogP contribution >= 0.6 is 11.6 Å². The second kappa shape index (κ2) is 15.4. The van der Waals surface area contributed by atoms with Crippen LogP contribution in [0.25, 0.3) is 0 Å². The number of rotatable bonds is 14. The number of hydrogen-bond acceptors (Lipinski definition) is 5. The standard InChI is InChI=1S/C34H44ClN3O3/c1-27(2)36-33(39)26-38-22-20-37(21-23-38)19-7-4-8-24-41-32-17-13-30(14-18-32)34(40,25-28-9-5-3-6-10-28)29-11-15-31(35)16-12-29/h3,5-6,9-18,27,40H,4,7-8,19-26H2,1-2H3,(H,36,39). The van der Waals surface area contributed by atoms with Crippen LogP contribution in [-0.4, -0.2) is 72.7 Å². The summed E-state index contributed by atoms with van der Waals surface area (Å²) < 4.78 is 6.03. The Morgan fingerprint density at radius 3 is 2.12 bits per heavy atom. The van der Waals surface area contributed by atoms with E-state index in [0.717, 1.165) is 74.4 Å². The Hall–Kier alpha value is -2.90. The van der Waals surface area contributed by atoms with Crippen molar-refractivity contribution in [3.05, 3.63) is 101 Å². The Kier molecular flexibility index (Phi) is 11.6. The van der Waals surface area contributed by atoms with E-state index in [1.165, 1.54) is 0 Å². The van der Waals surface area contributed by atoms with Crippen molar-refractivity contribution in [1.82, 2.24) is 15.1 Å². The minimum Gasteiger partial charge on any atom is -0.494 e. The van der Waals surface area contributed by atoms with Crippen LogP contribution in [0.15, 0.2) is 78.9 Å². The molecule has 0 saturated carbocycles. The molecule has 1 atom stereocenters. The average Bonchev–Trinajstić information content (AvgIpc) is 2.96. The highest BCUT2D eigenvalue weighted by Gasteiger charge is 2.32. The van der Waals surface area contributed by atoms with Crippen molar-refractivity contribution >= 4 is 17.5 Å². The molecule has 41 heavy (non-hydrogen) atoms. The summed E-state index contributed by atoms with van der Waals surface area (Å²) >= 11 is 6.13. The third kappa shape index (κ3) is 9.57. The zero-order valence-corrected chi connectivity index (χ0v) is 25.2. The lowest BCUT2D eigenvalue weighted by molar-refractivity contribution is -0.123. The van der Waals surface area contributed by atoms with Crippen LogP contribution in [0.3, 0.4) is 0 Å². The quantitative estimate of drug-likeness (QED) is 0.247.